The number of nitrogens with one attached hydrogen (secondary N) is 1. The van der Waals surface area contributed by atoms with Gasteiger partial charge in [0.25, 0.3) is 0 Å². The third kappa shape index (κ3) is 5.70. The number of amides is 1. The zero-order valence-electron chi connectivity index (χ0n) is 9.85. The summed E-state index contributed by atoms with van der Waals surface area (Å²) in [6, 6.07) is 9.51. The number of carbonyl (C=O) groups is 2. The van der Waals surface area contributed by atoms with Crippen LogP contribution in [0.1, 0.15) is 25.3 Å². The van der Waals surface area contributed by atoms with Gasteiger partial charge < -0.3 is 10.4 Å². The van der Waals surface area contributed by atoms with Gasteiger partial charge in [-0.05, 0) is 18.4 Å². The Morgan fingerprint density at radius 2 is 1.94 bits per heavy atom. The molecule has 0 aromatic heterocycles. The molecule has 4 nitrogen and oxygen atoms in total. The number of hydrogen-bond acceptors (Lipinski definition) is 2. The van der Waals surface area contributed by atoms with Crippen molar-refractivity contribution in [3.8, 4) is 0 Å². The summed E-state index contributed by atoms with van der Waals surface area (Å²) in [7, 11) is 0. The summed E-state index contributed by atoms with van der Waals surface area (Å²) < 4.78 is 0. The van der Waals surface area contributed by atoms with Crippen molar-refractivity contribution < 1.29 is 14.7 Å². The second-order valence-corrected chi connectivity index (χ2v) is 4.02. The Balaban J connectivity index is 2.48. The standard InChI is InChI=1S/C13H17NO3/c1-10(15)14-12(9-13(16)17)8-7-11-5-3-2-4-6-11/h2-6,12H,7-9H2,1H3,(H,14,15)(H,16,17). The summed E-state index contributed by atoms with van der Waals surface area (Å²) in [5, 5.41) is 11.4. The molecule has 92 valence electrons. The van der Waals surface area contributed by atoms with Gasteiger partial charge in [0.2, 0.25) is 5.91 Å². The van der Waals surface area contributed by atoms with E-state index in [4.69, 9.17) is 5.11 Å². The van der Waals surface area contributed by atoms with E-state index in [1.54, 1.807) is 0 Å². The number of benzene rings is 1. The van der Waals surface area contributed by atoms with Crippen LogP contribution in [0.15, 0.2) is 30.3 Å². The molecule has 1 atom stereocenters. The van der Waals surface area contributed by atoms with Crippen LogP contribution in [0.5, 0.6) is 0 Å². The molecule has 0 bridgehead atoms. The summed E-state index contributed by atoms with van der Waals surface area (Å²) >= 11 is 0. The third-order valence-corrected chi connectivity index (χ3v) is 2.45. The number of aryl methyl sites for hydroxylation is 1. The Labute approximate surface area is 101 Å². The smallest absolute Gasteiger partial charge is 0.305 e. The highest BCUT2D eigenvalue weighted by atomic mass is 16.4. The van der Waals surface area contributed by atoms with Crippen molar-refractivity contribution in [2.75, 3.05) is 0 Å². The molecule has 17 heavy (non-hydrogen) atoms. The largest absolute Gasteiger partial charge is 0.481 e. The molecule has 0 saturated carbocycles. The summed E-state index contributed by atoms with van der Waals surface area (Å²) in [5.41, 5.74) is 1.15. The highest BCUT2D eigenvalue weighted by Crippen LogP contribution is 2.07. The van der Waals surface area contributed by atoms with Gasteiger partial charge in [0.05, 0.1) is 6.42 Å². The van der Waals surface area contributed by atoms with E-state index in [9.17, 15) is 9.59 Å². The zero-order valence-corrected chi connectivity index (χ0v) is 9.85. The van der Waals surface area contributed by atoms with E-state index in [1.807, 2.05) is 30.3 Å². The van der Waals surface area contributed by atoms with Crippen molar-refractivity contribution in [2.24, 2.45) is 0 Å². The van der Waals surface area contributed by atoms with E-state index in [0.717, 1.165) is 12.0 Å². The molecule has 2 N–H and O–H groups in total. The molecule has 1 aromatic carbocycles. The monoisotopic (exact) mass is 235 g/mol. The molecule has 0 aliphatic carbocycles. The summed E-state index contributed by atoms with van der Waals surface area (Å²) in [6.45, 7) is 1.40. The van der Waals surface area contributed by atoms with Crippen molar-refractivity contribution in [3.63, 3.8) is 0 Å². The van der Waals surface area contributed by atoms with Crippen LogP contribution in [0.3, 0.4) is 0 Å². The van der Waals surface area contributed by atoms with Crippen LogP contribution in [0.2, 0.25) is 0 Å². The second kappa shape index (κ2) is 6.68. The Morgan fingerprint density at radius 3 is 2.47 bits per heavy atom. The maximum atomic E-state index is 10.9. The number of aliphatic carboxylic acids is 1. The Kier molecular flexibility index (Phi) is 5.20. The van der Waals surface area contributed by atoms with E-state index in [-0.39, 0.29) is 18.4 Å². The van der Waals surface area contributed by atoms with Crippen molar-refractivity contribution >= 4 is 11.9 Å². The van der Waals surface area contributed by atoms with E-state index in [2.05, 4.69) is 5.32 Å². The van der Waals surface area contributed by atoms with Crippen molar-refractivity contribution in [1.82, 2.24) is 5.32 Å². The lowest BCUT2D eigenvalue weighted by molar-refractivity contribution is -0.137. The minimum Gasteiger partial charge on any atom is -0.481 e. The van der Waals surface area contributed by atoms with Crippen molar-refractivity contribution in [1.29, 1.82) is 0 Å². The van der Waals surface area contributed by atoms with E-state index < -0.39 is 5.97 Å². The van der Waals surface area contributed by atoms with Crippen LogP contribution >= 0.6 is 0 Å². The van der Waals surface area contributed by atoms with Gasteiger partial charge >= 0.3 is 5.97 Å². The zero-order chi connectivity index (χ0) is 12.7. The summed E-state index contributed by atoms with van der Waals surface area (Å²) in [4.78, 5) is 21.6. The fourth-order valence-electron chi connectivity index (χ4n) is 1.71. The molecular weight excluding hydrogens is 218 g/mol. The second-order valence-electron chi connectivity index (χ2n) is 4.02. The van der Waals surface area contributed by atoms with Gasteiger partial charge in [0.1, 0.15) is 0 Å². The number of carboxylic acids is 1. The quantitative estimate of drug-likeness (QED) is 0.787. The van der Waals surface area contributed by atoms with Gasteiger partial charge in [-0.15, -0.1) is 0 Å². The molecule has 1 aromatic rings. The maximum absolute atomic E-state index is 10.9. The Bertz CT molecular complexity index is 360. The minimum atomic E-state index is -0.892. The minimum absolute atomic E-state index is 0.0353. The Morgan fingerprint density at radius 1 is 1.29 bits per heavy atom. The van der Waals surface area contributed by atoms with E-state index >= 15 is 0 Å². The van der Waals surface area contributed by atoms with Gasteiger partial charge in [0.15, 0.2) is 0 Å². The summed E-state index contributed by atoms with van der Waals surface area (Å²) in [5.74, 6) is -1.08. The van der Waals surface area contributed by atoms with Crippen LogP contribution in [0.4, 0.5) is 0 Å². The fourth-order valence-corrected chi connectivity index (χ4v) is 1.71. The molecule has 0 aliphatic rings. The molecule has 0 heterocycles. The first-order chi connectivity index (χ1) is 8.08. The Hall–Kier alpha value is -1.84. The van der Waals surface area contributed by atoms with Gasteiger partial charge in [-0.1, -0.05) is 30.3 Å². The molecule has 1 unspecified atom stereocenters. The van der Waals surface area contributed by atoms with Gasteiger partial charge in [-0.25, -0.2) is 0 Å². The van der Waals surface area contributed by atoms with Gasteiger partial charge in [0, 0.05) is 13.0 Å². The number of carbonyl (C=O) groups excluding carboxylic acids is 1. The molecular formula is C13H17NO3. The van der Waals surface area contributed by atoms with Crippen LogP contribution in [0, 0.1) is 0 Å². The highest BCUT2D eigenvalue weighted by Gasteiger charge is 2.13. The molecule has 4 heteroatoms. The average Bonchev–Trinajstić information content (AvgIpc) is 2.26. The van der Waals surface area contributed by atoms with Crippen LogP contribution in [-0.2, 0) is 16.0 Å². The SMILES string of the molecule is CC(=O)NC(CCc1ccccc1)CC(=O)O. The van der Waals surface area contributed by atoms with Crippen LogP contribution in [0.25, 0.3) is 0 Å². The number of hydrogen-bond donors (Lipinski definition) is 2. The molecule has 0 radical (unpaired) electrons. The first kappa shape index (κ1) is 13.2. The lowest BCUT2D eigenvalue weighted by atomic mass is 10.0. The molecule has 1 rings (SSSR count). The summed E-state index contributed by atoms with van der Waals surface area (Å²) in [6.07, 6.45) is 1.36. The number of carboxylic acid groups (broad SMARTS) is 1. The predicted molar refractivity (Wildman–Crippen MR) is 64.6 cm³/mol. The van der Waals surface area contributed by atoms with Crippen LogP contribution < -0.4 is 5.32 Å². The molecule has 0 spiro atoms. The molecule has 0 saturated heterocycles. The highest BCUT2D eigenvalue weighted by molar-refractivity contribution is 5.74. The molecule has 0 fully saturated rings. The predicted octanol–water partition coefficient (Wildman–Crippen LogP) is 1.60. The van der Waals surface area contributed by atoms with Gasteiger partial charge in [-0.2, -0.15) is 0 Å². The first-order valence-corrected chi connectivity index (χ1v) is 5.60. The normalized spacial score (nSPS) is 11.8. The van der Waals surface area contributed by atoms with Crippen molar-refractivity contribution in [3.05, 3.63) is 35.9 Å². The average molecular weight is 235 g/mol. The van der Waals surface area contributed by atoms with Gasteiger partial charge in [-0.3, -0.25) is 9.59 Å². The first-order valence-electron chi connectivity index (χ1n) is 5.60. The van der Waals surface area contributed by atoms with E-state index in [0.29, 0.717) is 6.42 Å². The molecule has 0 aliphatic heterocycles. The number of rotatable bonds is 6. The van der Waals surface area contributed by atoms with Crippen LogP contribution in [-0.4, -0.2) is 23.0 Å². The lowest BCUT2D eigenvalue weighted by Gasteiger charge is -2.15. The fraction of sp³-hybridized carbons (Fsp3) is 0.385. The topological polar surface area (TPSA) is 66.4 Å². The maximum Gasteiger partial charge on any atom is 0.305 e. The van der Waals surface area contributed by atoms with Crippen molar-refractivity contribution in [2.45, 2.75) is 32.2 Å². The lowest BCUT2D eigenvalue weighted by Crippen LogP contribution is -2.35. The van der Waals surface area contributed by atoms with E-state index in [1.165, 1.54) is 6.92 Å². The molecule has 1 amide bonds. The third-order valence-electron chi connectivity index (χ3n) is 2.45.